The van der Waals surface area contributed by atoms with Gasteiger partial charge in [0.2, 0.25) is 0 Å². The molecule has 3 aromatic heterocycles. The first-order valence-corrected chi connectivity index (χ1v) is 3.75. The number of aromatic nitrogens is 5. The number of pyridine rings is 1. The highest BCUT2D eigenvalue weighted by molar-refractivity contribution is 6.00. The van der Waals surface area contributed by atoms with Gasteiger partial charge < -0.3 is 0 Å². The lowest BCUT2D eigenvalue weighted by Gasteiger charge is -1.87. The van der Waals surface area contributed by atoms with Crippen molar-refractivity contribution in [2.24, 2.45) is 0 Å². The average molecular weight is 175 g/mol. The van der Waals surface area contributed by atoms with Gasteiger partial charge in [-0.3, -0.25) is 20.1 Å². The fourth-order valence-corrected chi connectivity index (χ4v) is 1.39. The number of fused-ring (bicyclic) bond motifs is 3. The third-order valence-corrected chi connectivity index (χ3v) is 2.01. The van der Waals surface area contributed by atoms with Gasteiger partial charge in [-0.1, -0.05) is 0 Å². The van der Waals surface area contributed by atoms with Gasteiger partial charge in [-0.2, -0.15) is 5.10 Å². The molecule has 0 spiro atoms. The number of hydrogen-bond acceptors (Lipinski definition) is 3. The van der Waals surface area contributed by atoms with Crippen molar-refractivity contribution in [3.63, 3.8) is 0 Å². The summed E-state index contributed by atoms with van der Waals surface area (Å²) in [6, 6.07) is 0. The summed E-state index contributed by atoms with van der Waals surface area (Å²) in [6.07, 6.45) is 3.25. The molecule has 64 valence electrons. The normalized spacial score (nSPS) is 11.4. The first-order chi connectivity index (χ1) is 6.36. The highest BCUT2D eigenvalue weighted by atomic mass is 16.1. The van der Waals surface area contributed by atoms with Crippen molar-refractivity contribution in [2.45, 2.75) is 0 Å². The highest BCUT2D eigenvalue weighted by Gasteiger charge is 2.06. The van der Waals surface area contributed by atoms with Crippen molar-refractivity contribution in [3.8, 4) is 0 Å². The molecule has 3 heterocycles. The summed E-state index contributed by atoms with van der Waals surface area (Å²) in [5.41, 5.74) is 1.70. The van der Waals surface area contributed by atoms with Crippen molar-refractivity contribution in [1.82, 2.24) is 25.4 Å². The summed E-state index contributed by atoms with van der Waals surface area (Å²) in [5, 5.41) is 12.7. The third kappa shape index (κ3) is 0.689. The number of nitrogens with zero attached hydrogens (tertiary/aromatic N) is 2. The summed E-state index contributed by atoms with van der Waals surface area (Å²) in [5.74, 6) is 0. The van der Waals surface area contributed by atoms with Crippen LogP contribution in [0.25, 0.3) is 21.9 Å². The second kappa shape index (κ2) is 1.98. The van der Waals surface area contributed by atoms with Crippen molar-refractivity contribution in [2.75, 3.05) is 0 Å². The Bertz CT molecular complexity index is 631. The second-order valence-corrected chi connectivity index (χ2v) is 2.76. The minimum absolute atomic E-state index is 0.210. The molecule has 0 aliphatic heterocycles. The van der Waals surface area contributed by atoms with Crippen LogP contribution in [0.5, 0.6) is 0 Å². The van der Waals surface area contributed by atoms with Crippen LogP contribution >= 0.6 is 0 Å². The molecule has 0 saturated heterocycles. The van der Waals surface area contributed by atoms with Crippen LogP contribution in [0, 0.1) is 0 Å². The Morgan fingerprint density at radius 3 is 3.08 bits per heavy atom. The standard InChI is InChI=1S/C7H5N5O/c13-7-6-5(11-12-7)3-1-9-10-4(3)2-8-6/h1-2H,(H,9,10)(H2,11,12,13). The van der Waals surface area contributed by atoms with E-state index in [4.69, 9.17) is 0 Å². The Morgan fingerprint density at radius 1 is 1.23 bits per heavy atom. The molecule has 0 atom stereocenters. The van der Waals surface area contributed by atoms with E-state index in [9.17, 15) is 4.79 Å². The summed E-state index contributed by atoms with van der Waals surface area (Å²) < 4.78 is 0. The van der Waals surface area contributed by atoms with Crippen LogP contribution in [0.3, 0.4) is 0 Å². The van der Waals surface area contributed by atoms with E-state index in [0.717, 1.165) is 10.9 Å². The van der Waals surface area contributed by atoms with Crippen LogP contribution in [-0.2, 0) is 0 Å². The maximum atomic E-state index is 11.2. The van der Waals surface area contributed by atoms with Crippen LogP contribution in [0.15, 0.2) is 17.2 Å². The van der Waals surface area contributed by atoms with E-state index in [1.807, 2.05) is 0 Å². The van der Waals surface area contributed by atoms with Crippen molar-refractivity contribution >= 4 is 21.9 Å². The van der Waals surface area contributed by atoms with Crippen LogP contribution in [0.2, 0.25) is 0 Å². The van der Waals surface area contributed by atoms with Gasteiger partial charge in [0, 0.05) is 5.39 Å². The Morgan fingerprint density at radius 2 is 2.15 bits per heavy atom. The summed E-state index contributed by atoms with van der Waals surface area (Å²) >= 11 is 0. The molecule has 6 nitrogen and oxygen atoms in total. The molecular formula is C7H5N5O. The molecule has 0 bridgehead atoms. The molecule has 3 aromatic rings. The maximum Gasteiger partial charge on any atom is 0.290 e. The molecular weight excluding hydrogens is 170 g/mol. The second-order valence-electron chi connectivity index (χ2n) is 2.76. The molecule has 0 aromatic carbocycles. The molecule has 0 radical (unpaired) electrons. The minimum Gasteiger partial charge on any atom is -0.295 e. The van der Waals surface area contributed by atoms with Gasteiger partial charge in [-0.25, -0.2) is 4.98 Å². The molecule has 6 heteroatoms. The van der Waals surface area contributed by atoms with Crippen molar-refractivity contribution in [3.05, 3.63) is 22.7 Å². The number of nitrogens with one attached hydrogen (secondary N) is 3. The van der Waals surface area contributed by atoms with E-state index in [0.29, 0.717) is 11.0 Å². The third-order valence-electron chi connectivity index (χ3n) is 2.01. The fraction of sp³-hybridized carbons (Fsp3) is 0. The Kier molecular flexibility index (Phi) is 0.974. The largest absolute Gasteiger partial charge is 0.295 e. The fourth-order valence-electron chi connectivity index (χ4n) is 1.39. The number of aromatic amines is 3. The number of hydrogen-bond donors (Lipinski definition) is 3. The smallest absolute Gasteiger partial charge is 0.290 e. The van der Waals surface area contributed by atoms with E-state index >= 15 is 0 Å². The zero-order valence-electron chi connectivity index (χ0n) is 6.46. The van der Waals surface area contributed by atoms with E-state index < -0.39 is 0 Å². The topological polar surface area (TPSA) is 90.2 Å². The molecule has 0 unspecified atom stereocenters. The predicted octanol–water partition coefficient (Wildman–Crippen LogP) is 0.127. The van der Waals surface area contributed by atoms with E-state index in [-0.39, 0.29) is 5.56 Å². The highest BCUT2D eigenvalue weighted by Crippen LogP contribution is 2.15. The van der Waals surface area contributed by atoms with Crippen LogP contribution in [0.4, 0.5) is 0 Å². The molecule has 0 saturated carbocycles. The number of rotatable bonds is 0. The quantitative estimate of drug-likeness (QED) is 0.453. The van der Waals surface area contributed by atoms with Gasteiger partial charge in [0.05, 0.1) is 23.4 Å². The predicted molar refractivity (Wildman–Crippen MR) is 46.4 cm³/mol. The maximum absolute atomic E-state index is 11.2. The first kappa shape index (κ1) is 6.41. The van der Waals surface area contributed by atoms with E-state index in [1.54, 1.807) is 12.4 Å². The Balaban J connectivity index is 2.74. The van der Waals surface area contributed by atoms with Crippen LogP contribution < -0.4 is 5.56 Å². The van der Waals surface area contributed by atoms with Crippen molar-refractivity contribution in [1.29, 1.82) is 0 Å². The molecule has 0 fully saturated rings. The summed E-state index contributed by atoms with van der Waals surface area (Å²) in [4.78, 5) is 15.2. The zero-order valence-corrected chi connectivity index (χ0v) is 6.46. The lowest BCUT2D eigenvalue weighted by Crippen LogP contribution is -1.98. The Labute approximate surface area is 71.0 Å². The van der Waals surface area contributed by atoms with Gasteiger partial charge in [0.15, 0.2) is 5.52 Å². The molecule has 0 aliphatic carbocycles. The Hall–Kier alpha value is -2.11. The van der Waals surface area contributed by atoms with Crippen molar-refractivity contribution < 1.29 is 0 Å². The molecule has 3 N–H and O–H groups in total. The SMILES string of the molecule is O=c1[nH][nH]c2c1ncc1[nH]ncc12. The molecule has 13 heavy (non-hydrogen) atoms. The average Bonchev–Trinajstić information content (AvgIpc) is 2.70. The summed E-state index contributed by atoms with van der Waals surface area (Å²) in [6.45, 7) is 0. The van der Waals surface area contributed by atoms with E-state index in [1.165, 1.54) is 0 Å². The van der Waals surface area contributed by atoms with E-state index in [2.05, 4.69) is 25.4 Å². The molecule has 0 aliphatic rings. The van der Waals surface area contributed by atoms with Crippen LogP contribution in [-0.4, -0.2) is 25.4 Å². The summed E-state index contributed by atoms with van der Waals surface area (Å²) in [7, 11) is 0. The first-order valence-electron chi connectivity index (χ1n) is 3.75. The van der Waals surface area contributed by atoms with Gasteiger partial charge >= 0.3 is 0 Å². The zero-order chi connectivity index (χ0) is 8.84. The number of H-pyrrole nitrogens is 3. The van der Waals surface area contributed by atoms with Gasteiger partial charge in [-0.05, 0) is 0 Å². The van der Waals surface area contributed by atoms with Crippen LogP contribution in [0.1, 0.15) is 0 Å². The minimum atomic E-state index is -0.210. The molecule has 0 amide bonds. The lowest BCUT2D eigenvalue weighted by molar-refractivity contribution is 1.08. The lowest BCUT2D eigenvalue weighted by atomic mass is 10.3. The molecule has 3 rings (SSSR count). The monoisotopic (exact) mass is 175 g/mol. The van der Waals surface area contributed by atoms with Gasteiger partial charge in [0.1, 0.15) is 0 Å². The van der Waals surface area contributed by atoms with Gasteiger partial charge in [0.25, 0.3) is 5.56 Å². The van der Waals surface area contributed by atoms with Gasteiger partial charge in [-0.15, -0.1) is 0 Å².